The second-order valence-electron chi connectivity index (χ2n) is 5.70. The number of carbonyl (C=O) groups excluding carboxylic acids is 2. The third-order valence-electron chi connectivity index (χ3n) is 3.87. The maximum atomic E-state index is 12.6. The van der Waals surface area contributed by atoms with Gasteiger partial charge in [0.05, 0.1) is 13.2 Å². The summed E-state index contributed by atoms with van der Waals surface area (Å²) in [6.45, 7) is 4.48. The van der Waals surface area contributed by atoms with Crippen LogP contribution in [0.25, 0.3) is 11.1 Å². The molecule has 3 aromatic rings. The van der Waals surface area contributed by atoms with E-state index in [1.807, 2.05) is 36.6 Å². The van der Waals surface area contributed by atoms with Gasteiger partial charge in [-0.2, -0.15) is 0 Å². The van der Waals surface area contributed by atoms with Crippen molar-refractivity contribution in [2.45, 2.75) is 13.8 Å². The molecule has 0 aliphatic heterocycles. The van der Waals surface area contributed by atoms with Crippen LogP contribution in [0.2, 0.25) is 0 Å². The predicted octanol–water partition coefficient (Wildman–Crippen LogP) is 4.64. The Labute approximate surface area is 167 Å². The summed E-state index contributed by atoms with van der Waals surface area (Å²) in [5.74, 6) is -0.113. The van der Waals surface area contributed by atoms with Gasteiger partial charge >= 0.3 is 5.97 Å². The molecule has 144 valence electrons. The molecule has 28 heavy (non-hydrogen) atoms. The minimum atomic E-state index is -0.482. The molecule has 0 aliphatic carbocycles. The van der Waals surface area contributed by atoms with Crippen LogP contribution < -0.4 is 10.1 Å². The standard InChI is InChI=1S/C21H20N2O4S/c1-3-26-15-10-8-14(9-11-15)16-13-28-20(18(16)21(25)27-4-2)23-19(24)17-7-5-6-12-22-17/h5-13H,3-4H2,1-2H3,(H,23,24). The van der Waals surface area contributed by atoms with E-state index in [-0.39, 0.29) is 18.2 Å². The second-order valence-corrected chi connectivity index (χ2v) is 6.58. The number of benzene rings is 1. The van der Waals surface area contributed by atoms with E-state index in [4.69, 9.17) is 9.47 Å². The minimum absolute atomic E-state index is 0.241. The van der Waals surface area contributed by atoms with Crippen molar-refractivity contribution in [1.29, 1.82) is 0 Å². The number of hydrogen-bond acceptors (Lipinski definition) is 6. The van der Waals surface area contributed by atoms with E-state index in [1.165, 1.54) is 11.3 Å². The lowest BCUT2D eigenvalue weighted by atomic mass is 10.0. The maximum absolute atomic E-state index is 12.6. The topological polar surface area (TPSA) is 77.5 Å². The quantitative estimate of drug-likeness (QED) is 0.589. The van der Waals surface area contributed by atoms with Crippen molar-refractivity contribution < 1.29 is 19.1 Å². The Morgan fingerprint density at radius 1 is 1.07 bits per heavy atom. The summed E-state index contributed by atoms with van der Waals surface area (Å²) < 4.78 is 10.7. The first-order valence-electron chi connectivity index (χ1n) is 8.88. The number of nitrogens with zero attached hydrogens (tertiary/aromatic N) is 1. The number of nitrogens with one attached hydrogen (secondary N) is 1. The number of esters is 1. The van der Waals surface area contributed by atoms with E-state index in [0.717, 1.165) is 11.3 Å². The smallest absolute Gasteiger partial charge is 0.341 e. The lowest BCUT2D eigenvalue weighted by Crippen LogP contribution is -2.15. The Balaban J connectivity index is 1.95. The van der Waals surface area contributed by atoms with Crippen molar-refractivity contribution in [3.05, 3.63) is 65.3 Å². The molecule has 0 radical (unpaired) electrons. The molecule has 1 amide bonds. The van der Waals surface area contributed by atoms with Gasteiger partial charge in [0, 0.05) is 17.1 Å². The van der Waals surface area contributed by atoms with Gasteiger partial charge in [0.25, 0.3) is 5.91 Å². The molecule has 0 unspecified atom stereocenters. The summed E-state index contributed by atoms with van der Waals surface area (Å²) in [5, 5.41) is 5.04. The number of amides is 1. The van der Waals surface area contributed by atoms with Gasteiger partial charge in [0.2, 0.25) is 0 Å². The van der Waals surface area contributed by atoms with E-state index in [1.54, 1.807) is 31.3 Å². The molecule has 0 bridgehead atoms. The first-order valence-corrected chi connectivity index (χ1v) is 9.76. The number of hydrogen-bond donors (Lipinski definition) is 1. The van der Waals surface area contributed by atoms with Gasteiger partial charge in [-0.05, 0) is 43.7 Å². The molecule has 0 saturated carbocycles. The second kappa shape index (κ2) is 9.14. The van der Waals surface area contributed by atoms with Crippen LogP contribution in [0.1, 0.15) is 34.7 Å². The highest BCUT2D eigenvalue weighted by Gasteiger charge is 2.23. The molecule has 7 heteroatoms. The van der Waals surface area contributed by atoms with Crippen molar-refractivity contribution in [2.75, 3.05) is 18.5 Å². The average molecular weight is 396 g/mol. The van der Waals surface area contributed by atoms with Crippen molar-refractivity contribution in [3.8, 4) is 16.9 Å². The molecular formula is C21H20N2O4S. The summed E-state index contributed by atoms with van der Waals surface area (Å²) >= 11 is 1.27. The summed E-state index contributed by atoms with van der Waals surface area (Å²) in [4.78, 5) is 29.1. The lowest BCUT2D eigenvalue weighted by molar-refractivity contribution is 0.0529. The third-order valence-corrected chi connectivity index (χ3v) is 4.77. The number of rotatable bonds is 7. The SMILES string of the molecule is CCOC(=O)c1c(-c2ccc(OCC)cc2)csc1NC(=O)c1ccccn1. The van der Waals surface area contributed by atoms with E-state index < -0.39 is 5.97 Å². The number of aromatic nitrogens is 1. The average Bonchev–Trinajstić information content (AvgIpc) is 3.13. The zero-order valence-corrected chi connectivity index (χ0v) is 16.4. The van der Waals surface area contributed by atoms with Gasteiger partial charge in [-0.25, -0.2) is 4.79 Å². The van der Waals surface area contributed by atoms with Gasteiger partial charge in [-0.3, -0.25) is 9.78 Å². The van der Waals surface area contributed by atoms with Gasteiger partial charge in [-0.15, -0.1) is 11.3 Å². The highest BCUT2D eigenvalue weighted by atomic mass is 32.1. The van der Waals surface area contributed by atoms with Crippen LogP contribution in [-0.4, -0.2) is 30.1 Å². The molecule has 2 heterocycles. The van der Waals surface area contributed by atoms with Crippen molar-refractivity contribution in [1.82, 2.24) is 4.98 Å². The summed E-state index contributed by atoms with van der Waals surface area (Å²) in [6, 6.07) is 12.5. The predicted molar refractivity (Wildman–Crippen MR) is 109 cm³/mol. The zero-order chi connectivity index (χ0) is 19.9. The monoisotopic (exact) mass is 396 g/mol. The van der Waals surface area contributed by atoms with Crippen LogP contribution in [-0.2, 0) is 4.74 Å². The van der Waals surface area contributed by atoms with Crippen LogP contribution in [0.5, 0.6) is 5.75 Å². The number of anilines is 1. The van der Waals surface area contributed by atoms with E-state index in [2.05, 4.69) is 10.3 Å². The fourth-order valence-electron chi connectivity index (χ4n) is 2.63. The molecule has 0 spiro atoms. The molecule has 0 fully saturated rings. The molecule has 0 saturated heterocycles. The first-order chi connectivity index (χ1) is 13.6. The molecule has 6 nitrogen and oxygen atoms in total. The summed E-state index contributed by atoms with van der Waals surface area (Å²) in [5.41, 5.74) is 2.14. The normalized spacial score (nSPS) is 10.4. The van der Waals surface area contributed by atoms with Crippen LogP contribution in [0.4, 0.5) is 5.00 Å². The number of thiophene rings is 1. The Kier molecular flexibility index (Phi) is 6.39. The van der Waals surface area contributed by atoms with Gasteiger partial charge in [0.15, 0.2) is 0 Å². The zero-order valence-electron chi connectivity index (χ0n) is 15.6. The van der Waals surface area contributed by atoms with E-state index in [0.29, 0.717) is 22.7 Å². The fourth-order valence-corrected chi connectivity index (χ4v) is 3.58. The van der Waals surface area contributed by atoms with Gasteiger partial charge in [0.1, 0.15) is 22.0 Å². The van der Waals surface area contributed by atoms with E-state index in [9.17, 15) is 9.59 Å². The molecule has 0 aliphatic rings. The molecule has 0 atom stereocenters. The number of carbonyl (C=O) groups is 2. The Bertz CT molecular complexity index is 952. The minimum Gasteiger partial charge on any atom is -0.494 e. The highest BCUT2D eigenvalue weighted by Crippen LogP contribution is 2.37. The van der Waals surface area contributed by atoms with Crippen LogP contribution >= 0.6 is 11.3 Å². The lowest BCUT2D eigenvalue weighted by Gasteiger charge is -2.09. The van der Waals surface area contributed by atoms with Gasteiger partial charge < -0.3 is 14.8 Å². The Morgan fingerprint density at radius 3 is 2.50 bits per heavy atom. The molecular weight excluding hydrogens is 376 g/mol. The van der Waals surface area contributed by atoms with E-state index >= 15 is 0 Å². The van der Waals surface area contributed by atoms with Crippen molar-refractivity contribution >= 4 is 28.2 Å². The van der Waals surface area contributed by atoms with Crippen LogP contribution in [0, 0.1) is 0 Å². The fraction of sp³-hybridized carbons (Fsp3) is 0.190. The molecule has 1 N–H and O–H groups in total. The van der Waals surface area contributed by atoms with Crippen molar-refractivity contribution in [2.24, 2.45) is 0 Å². The van der Waals surface area contributed by atoms with Crippen LogP contribution in [0.3, 0.4) is 0 Å². The largest absolute Gasteiger partial charge is 0.494 e. The molecule has 3 rings (SSSR count). The number of pyridine rings is 1. The Morgan fingerprint density at radius 2 is 1.86 bits per heavy atom. The summed E-state index contributed by atoms with van der Waals surface area (Å²) in [7, 11) is 0. The Hall–Kier alpha value is -3.19. The number of ether oxygens (including phenoxy) is 2. The molecule has 1 aromatic carbocycles. The first kappa shape index (κ1) is 19.6. The third kappa shape index (κ3) is 4.37. The highest BCUT2D eigenvalue weighted by molar-refractivity contribution is 7.15. The maximum Gasteiger partial charge on any atom is 0.341 e. The van der Waals surface area contributed by atoms with Gasteiger partial charge in [-0.1, -0.05) is 18.2 Å². The summed E-state index contributed by atoms with van der Waals surface area (Å²) in [6.07, 6.45) is 1.54. The van der Waals surface area contributed by atoms with Crippen LogP contribution in [0.15, 0.2) is 54.0 Å². The molecule has 2 aromatic heterocycles. The van der Waals surface area contributed by atoms with Crippen molar-refractivity contribution in [3.63, 3.8) is 0 Å².